The highest BCUT2D eigenvalue weighted by molar-refractivity contribution is 7.91. The number of sulfonamides is 1. The van der Waals surface area contributed by atoms with Crippen molar-refractivity contribution in [2.75, 3.05) is 38.2 Å². The van der Waals surface area contributed by atoms with E-state index in [0.717, 1.165) is 22.8 Å². The Morgan fingerprint density at radius 2 is 1.79 bits per heavy atom. The number of para-hydroxylation sites is 2. The van der Waals surface area contributed by atoms with Crippen molar-refractivity contribution in [3.8, 4) is 5.75 Å². The lowest BCUT2D eigenvalue weighted by atomic mass is 10.0. The summed E-state index contributed by atoms with van der Waals surface area (Å²) < 4.78 is 33.5. The van der Waals surface area contributed by atoms with Crippen LogP contribution in [0.5, 0.6) is 5.75 Å². The van der Waals surface area contributed by atoms with Crippen LogP contribution in [0.2, 0.25) is 0 Å². The fourth-order valence-corrected chi connectivity index (χ4v) is 5.72. The Hall–Kier alpha value is -2.10. The number of carbonyl (C=O) groups is 1. The zero-order valence-corrected chi connectivity index (χ0v) is 18.5. The van der Waals surface area contributed by atoms with Gasteiger partial charge in [-0.05, 0) is 29.5 Å². The number of amides is 1. The van der Waals surface area contributed by atoms with E-state index >= 15 is 0 Å². The lowest BCUT2D eigenvalue weighted by Gasteiger charge is -2.38. The van der Waals surface area contributed by atoms with Crippen molar-refractivity contribution in [2.24, 2.45) is 5.92 Å². The zero-order chi connectivity index (χ0) is 21.0. The van der Waals surface area contributed by atoms with Gasteiger partial charge in [-0.3, -0.25) is 4.79 Å². The van der Waals surface area contributed by atoms with Gasteiger partial charge >= 0.3 is 0 Å². The van der Waals surface area contributed by atoms with Crippen molar-refractivity contribution in [3.05, 3.63) is 41.8 Å². The van der Waals surface area contributed by atoms with Crippen LogP contribution in [0.1, 0.15) is 13.8 Å². The maximum Gasteiger partial charge on any atom is 0.250 e. The third-order valence-electron chi connectivity index (χ3n) is 4.99. The van der Waals surface area contributed by atoms with Crippen molar-refractivity contribution in [3.63, 3.8) is 0 Å². The molecule has 2 aromatic rings. The molecule has 3 rings (SSSR count). The van der Waals surface area contributed by atoms with E-state index < -0.39 is 16.1 Å². The molecule has 0 saturated carbocycles. The minimum atomic E-state index is -3.71. The normalized spacial score (nSPS) is 16.1. The van der Waals surface area contributed by atoms with Crippen LogP contribution in [0.25, 0.3) is 0 Å². The van der Waals surface area contributed by atoms with Crippen LogP contribution >= 0.6 is 11.3 Å². The quantitative estimate of drug-likeness (QED) is 0.720. The van der Waals surface area contributed by atoms with Crippen molar-refractivity contribution < 1.29 is 17.9 Å². The Morgan fingerprint density at radius 3 is 2.38 bits per heavy atom. The van der Waals surface area contributed by atoms with Gasteiger partial charge in [-0.25, -0.2) is 8.42 Å². The number of thiophene rings is 1. The lowest BCUT2D eigenvalue weighted by molar-refractivity contribution is -0.134. The molecule has 1 aromatic carbocycles. The van der Waals surface area contributed by atoms with E-state index in [1.165, 1.54) is 0 Å². The molecule has 1 fully saturated rings. The summed E-state index contributed by atoms with van der Waals surface area (Å²) in [6.07, 6.45) is 0. The van der Waals surface area contributed by atoms with E-state index in [1.807, 2.05) is 38.1 Å². The standard InChI is InChI=1S/C20H27N3O4S2/c1-15(2)19(21-29(25,26)18-9-6-14-28-18)20(24)23-12-10-22(11-13-23)16-7-4-5-8-17(16)27-3/h4-9,14-15,19,21H,10-13H2,1-3H3/t19-/m0/s1. The van der Waals surface area contributed by atoms with Crippen molar-refractivity contribution >= 4 is 33.0 Å². The van der Waals surface area contributed by atoms with Crippen LogP contribution in [0, 0.1) is 5.92 Å². The van der Waals surface area contributed by atoms with Crippen LogP contribution in [-0.4, -0.2) is 58.6 Å². The third-order valence-corrected chi connectivity index (χ3v) is 7.83. The van der Waals surface area contributed by atoms with Crippen LogP contribution in [0.3, 0.4) is 0 Å². The summed E-state index contributed by atoms with van der Waals surface area (Å²) in [4.78, 5) is 17.0. The molecule has 1 amide bonds. The molecule has 0 radical (unpaired) electrons. The molecule has 0 spiro atoms. The van der Waals surface area contributed by atoms with Gasteiger partial charge in [0.1, 0.15) is 16.0 Å². The van der Waals surface area contributed by atoms with Crippen molar-refractivity contribution in [1.82, 2.24) is 9.62 Å². The van der Waals surface area contributed by atoms with Gasteiger partial charge < -0.3 is 14.5 Å². The predicted molar refractivity (Wildman–Crippen MR) is 115 cm³/mol. The van der Waals surface area contributed by atoms with E-state index in [4.69, 9.17) is 4.74 Å². The second kappa shape index (κ2) is 9.15. The summed E-state index contributed by atoms with van der Waals surface area (Å²) in [6.45, 7) is 6.08. The topological polar surface area (TPSA) is 79.0 Å². The fraction of sp³-hybridized carbons (Fsp3) is 0.450. The maximum absolute atomic E-state index is 13.1. The summed E-state index contributed by atoms with van der Waals surface area (Å²) in [5.74, 6) is 0.459. The van der Waals surface area contributed by atoms with E-state index in [-0.39, 0.29) is 16.0 Å². The van der Waals surface area contributed by atoms with Gasteiger partial charge in [-0.1, -0.05) is 32.0 Å². The predicted octanol–water partition coefficient (Wildman–Crippen LogP) is 2.41. The number of hydrogen-bond acceptors (Lipinski definition) is 6. The third kappa shape index (κ3) is 4.91. The molecule has 29 heavy (non-hydrogen) atoms. The fourth-order valence-electron chi connectivity index (χ4n) is 3.37. The largest absolute Gasteiger partial charge is 0.495 e. The number of ether oxygens (including phenoxy) is 1. The number of benzene rings is 1. The summed E-state index contributed by atoms with van der Waals surface area (Å²) in [7, 11) is -2.07. The van der Waals surface area contributed by atoms with Gasteiger partial charge in [0.25, 0.3) is 10.0 Å². The first-order valence-electron chi connectivity index (χ1n) is 9.56. The average molecular weight is 438 g/mol. The molecule has 0 aliphatic carbocycles. The van der Waals surface area contributed by atoms with Gasteiger partial charge in [0.2, 0.25) is 5.91 Å². The molecule has 1 aliphatic heterocycles. The highest BCUT2D eigenvalue weighted by Gasteiger charge is 2.33. The van der Waals surface area contributed by atoms with Crippen LogP contribution in [-0.2, 0) is 14.8 Å². The molecule has 7 nitrogen and oxygen atoms in total. The van der Waals surface area contributed by atoms with Crippen LogP contribution in [0.15, 0.2) is 46.0 Å². The molecular formula is C20H27N3O4S2. The lowest BCUT2D eigenvalue weighted by Crippen LogP contribution is -2.56. The van der Waals surface area contributed by atoms with E-state index in [0.29, 0.717) is 26.2 Å². The van der Waals surface area contributed by atoms with E-state index in [1.54, 1.807) is 29.5 Å². The van der Waals surface area contributed by atoms with Gasteiger partial charge in [0.15, 0.2) is 0 Å². The van der Waals surface area contributed by atoms with E-state index in [2.05, 4.69) is 9.62 Å². The van der Waals surface area contributed by atoms with Gasteiger partial charge in [-0.15, -0.1) is 11.3 Å². The molecule has 1 aromatic heterocycles. The number of nitrogens with zero attached hydrogens (tertiary/aromatic N) is 2. The first kappa shape index (κ1) is 21.6. The first-order valence-corrected chi connectivity index (χ1v) is 11.9. The minimum Gasteiger partial charge on any atom is -0.495 e. The van der Waals surface area contributed by atoms with E-state index in [9.17, 15) is 13.2 Å². The monoisotopic (exact) mass is 437 g/mol. The minimum absolute atomic E-state index is 0.163. The number of methoxy groups -OCH3 is 1. The SMILES string of the molecule is COc1ccccc1N1CCN(C(=O)[C@@H](NS(=O)(=O)c2cccs2)C(C)C)CC1. The molecule has 0 bridgehead atoms. The number of carbonyl (C=O) groups excluding carboxylic acids is 1. The Morgan fingerprint density at radius 1 is 1.10 bits per heavy atom. The molecule has 158 valence electrons. The molecule has 0 unspecified atom stereocenters. The maximum atomic E-state index is 13.1. The van der Waals surface area contributed by atoms with Crippen LogP contribution in [0.4, 0.5) is 5.69 Å². The number of piperazine rings is 1. The van der Waals surface area contributed by atoms with Crippen molar-refractivity contribution in [2.45, 2.75) is 24.1 Å². The summed E-state index contributed by atoms with van der Waals surface area (Å²) >= 11 is 1.14. The Labute approximate surface area is 176 Å². The Kier molecular flexibility index (Phi) is 6.81. The highest BCUT2D eigenvalue weighted by atomic mass is 32.2. The molecular weight excluding hydrogens is 410 g/mol. The second-order valence-electron chi connectivity index (χ2n) is 7.26. The summed E-state index contributed by atoms with van der Waals surface area (Å²) in [6, 6.07) is 10.2. The number of nitrogens with one attached hydrogen (secondary N) is 1. The summed E-state index contributed by atoms with van der Waals surface area (Å²) in [5, 5.41) is 1.71. The molecule has 2 heterocycles. The van der Waals surface area contributed by atoms with Crippen molar-refractivity contribution in [1.29, 1.82) is 0 Å². The number of rotatable bonds is 7. The molecule has 9 heteroatoms. The Bertz CT molecular complexity index is 921. The first-order chi connectivity index (χ1) is 13.8. The average Bonchev–Trinajstić information content (AvgIpc) is 3.27. The van der Waals surface area contributed by atoms with Gasteiger partial charge in [0, 0.05) is 26.2 Å². The van der Waals surface area contributed by atoms with Gasteiger partial charge in [0.05, 0.1) is 12.8 Å². The molecule has 1 atom stereocenters. The second-order valence-corrected chi connectivity index (χ2v) is 10.1. The number of hydrogen-bond donors (Lipinski definition) is 1. The van der Waals surface area contributed by atoms with Crippen LogP contribution < -0.4 is 14.4 Å². The zero-order valence-electron chi connectivity index (χ0n) is 16.9. The van der Waals surface area contributed by atoms with Gasteiger partial charge in [-0.2, -0.15) is 4.72 Å². The molecule has 1 N–H and O–H groups in total. The smallest absolute Gasteiger partial charge is 0.250 e. The molecule has 1 aliphatic rings. The summed E-state index contributed by atoms with van der Waals surface area (Å²) in [5.41, 5.74) is 1.00. The number of anilines is 1. The Balaban J connectivity index is 1.68. The molecule has 1 saturated heterocycles. The highest BCUT2D eigenvalue weighted by Crippen LogP contribution is 2.28.